The lowest BCUT2D eigenvalue weighted by molar-refractivity contribution is 0.145. The summed E-state index contributed by atoms with van der Waals surface area (Å²) in [5.41, 5.74) is 1.80. The van der Waals surface area contributed by atoms with Gasteiger partial charge in [-0.2, -0.15) is 0 Å². The molecule has 1 atom stereocenters. The largest absolute Gasteiger partial charge is 0.300 e. The molecule has 0 aromatic carbocycles. The molecule has 1 aliphatic heterocycles. The topological polar surface area (TPSA) is 29.0 Å². The Labute approximate surface area is 116 Å². The number of aromatic nitrogens is 2. The zero-order valence-electron chi connectivity index (χ0n) is 12.2. The van der Waals surface area contributed by atoms with Crippen LogP contribution in [0.3, 0.4) is 0 Å². The van der Waals surface area contributed by atoms with Crippen LogP contribution in [-0.2, 0) is 0 Å². The first-order valence-corrected chi connectivity index (χ1v) is 7.64. The molecule has 1 aromatic heterocycles. The first-order chi connectivity index (χ1) is 9.14. The van der Waals surface area contributed by atoms with Gasteiger partial charge in [-0.05, 0) is 56.7 Å². The molecule has 19 heavy (non-hydrogen) atoms. The van der Waals surface area contributed by atoms with Crippen LogP contribution in [0, 0.1) is 5.41 Å². The minimum atomic E-state index is 0.564. The van der Waals surface area contributed by atoms with E-state index < -0.39 is 0 Å². The lowest BCUT2D eigenvalue weighted by atomic mass is 9.90. The van der Waals surface area contributed by atoms with Crippen LogP contribution < -0.4 is 0 Å². The van der Waals surface area contributed by atoms with E-state index in [1.807, 2.05) is 6.20 Å². The van der Waals surface area contributed by atoms with Gasteiger partial charge in [0.1, 0.15) is 6.33 Å². The molecule has 1 saturated heterocycles. The van der Waals surface area contributed by atoms with Crippen molar-refractivity contribution in [3.63, 3.8) is 0 Å². The lowest BCUT2D eigenvalue weighted by Crippen LogP contribution is -2.40. The average molecular weight is 259 g/mol. The van der Waals surface area contributed by atoms with Crippen molar-refractivity contribution in [1.82, 2.24) is 14.9 Å². The van der Waals surface area contributed by atoms with E-state index in [2.05, 4.69) is 34.8 Å². The van der Waals surface area contributed by atoms with Crippen LogP contribution >= 0.6 is 0 Å². The fourth-order valence-corrected chi connectivity index (χ4v) is 3.81. The second-order valence-electron chi connectivity index (χ2n) is 7.01. The molecule has 2 aliphatic rings. The molecule has 0 spiro atoms. The summed E-state index contributed by atoms with van der Waals surface area (Å²) in [6.45, 7) is 7.33. The molecule has 104 valence electrons. The monoisotopic (exact) mass is 259 g/mol. The second-order valence-corrected chi connectivity index (χ2v) is 7.01. The maximum Gasteiger partial charge on any atom is 0.115 e. The van der Waals surface area contributed by atoms with E-state index in [9.17, 15) is 0 Å². The smallest absolute Gasteiger partial charge is 0.115 e. The third-order valence-electron chi connectivity index (χ3n) is 5.01. The molecule has 2 heterocycles. The molecule has 3 heteroatoms. The van der Waals surface area contributed by atoms with E-state index >= 15 is 0 Å². The molecule has 3 rings (SSSR count). The second kappa shape index (κ2) is 5.20. The van der Waals surface area contributed by atoms with Crippen molar-refractivity contribution in [3.8, 4) is 0 Å². The lowest BCUT2D eigenvalue weighted by Gasteiger charge is -2.36. The summed E-state index contributed by atoms with van der Waals surface area (Å²) in [6.07, 6.45) is 10.2. The molecular formula is C16H25N3. The van der Waals surface area contributed by atoms with Gasteiger partial charge in [0.05, 0.1) is 0 Å². The SMILES string of the molecule is CC1(C)CCC(N2CCC(c3ccncn3)CC2)C1. The van der Waals surface area contributed by atoms with Gasteiger partial charge in [-0.3, -0.25) is 0 Å². The van der Waals surface area contributed by atoms with Gasteiger partial charge in [0.15, 0.2) is 0 Å². The van der Waals surface area contributed by atoms with E-state index in [0.29, 0.717) is 11.3 Å². The van der Waals surface area contributed by atoms with Gasteiger partial charge < -0.3 is 4.90 Å². The first kappa shape index (κ1) is 13.0. The number of piperidine rings is 1. The van der Waals surface area contributed by atoms with Gasteiger partial charge in [0.25, 0.3) is 0 Å². The molecule has 0 N–H and O–H groups in total. The van der Waals surface area contributed by atoms with Gasteiger partial charge in [-0.25, -0.2) is 9.97 Å². The van der Waals surface area contributed by atoms with Crippen molar-refractivity contribution in [2.24, 2.45) is 5.41 Å². The Morgan fingerprint density at radius 3 is 2.58 bits per heavy atom. The number of hydrogen-bond acceptors (Lipinski definition) is 3. The molecular weight excluding hydrogens is 234 g/mol. The third-order valence-corrected chi connectivity index (χ3v) is 5.01. The first-order valence-electron chi connectivity index (χ1n) is 7.64. The van der Waals surface area contributed by atoms with Crippen LogP contribution in [0.2, 0.25) is 0 Å². The predicted molar refractivity (Wildman–Crippen MR) is 77.0 cm³/mol. The summed E-state index contributed by atoms with van der Waals surface area (Å²) >= 11 is 0. The highest BCUT2D eigenvalue weighted by atomic mass is 15.2. The summed E-state index contributed by atoms with van der Waals surface area (Å²) < 4.78 is 0. The summed E-state index contributed by atoms with van der Waals surface area (Å²) in [5, 5.41) is 0. The number of likely N-dealkylation sites (tertiary alicyclic amines) is 1. The van der Waals surface area contributed by atoms with Crippen LogP contribution in [0.15, 0.2) is 18.6 Å². The van der Waals surface area contributed by atoms with Crippen LogP contribution in [-0.4, -0.2) is 34.0 Å². The standard InChI is InChI=1S/C16H25N3/c1-16(2)7-3-14(11-16)19-9-5-13(6-10-19)15-4-8-17-12-18-15/h4,8,12-14H,3,5-7,9-11H2,1-2H3. The Balaban J connectivity index is 1.56. The fraction of sp³-hybridized carbons (Fsp3) is 0.750. The summed E-state index contributed by atoms with van der Waals surface area (Å²) in [4.78, 5) is 11.2. The van der Waals surface area contributed by atoms with Gasteiger partial charge in [0, 0.05) is 23.9 Å². The number of nitrogens with zero attached hydrogens (tertiary/aromatic N) is 3. The molecule has 0 radical (unpaired) electrons. The molecule has 1 unspecified atom stereocenters. The van der Waals surface area contributed by atoms with E-state index in [1.165, 1.54) is 50.9 Å². The van der Waals surface area contributed by atoms with Crippen LogP contribution in [0.25, 0.3) is 0 Å². The Morgan fingerprint density at radius 1 is 1.21 bits per heavy atom. The van der Waals surface area contributed by atoms with Crippen molar-refractivity contribution in [2.75, 3.05) is 13.1 Å². The predicted octanol–water partition coefficient (Wildman–Crippen LogP) is 3.23. The number of hydrogen-bond donors (Lipinski definition) is 0. The van der Waals surface area contributed by atoms with Gasteiger partial charge >= 0.3 is 0 Å². The van der Waals surface area contributed by atoms with E-state index in [0.717, 1.165) is 6.04 Å². The van der Waals surface area contributed by atoms with Crippen molar-refractivity contribution in [1.29, 1.82) is 0 Å². The van der Waals surface area contributed by atoms with E-state index in [4.69, 9.17) is 0 Å². The average Bonchev–Trinajstić information content (AvgIpc) is 2.80. The highest BCUT2D eigenvalue weighted by Gasteiger charge is 2.35. The molecule has 1 aromatic rings. The fourth-order valence-electron chi connectivity index (χ4n) is 3.81. The quantitative estimate of drug-likeness (QED) is 0.816. The zero-order chi connectivity index (χ0) is 13.3. The Kier molecular flexibility index (Phi) is 3.57. The highest BCUT2D eigenvalue weighted by molar-refractivity contribution is 5.07. The van der Waals surface area contributed by atoms with E-state index in [-0.39, 0.29) is 0 Å². The van der Waals surface area contributed by atoms with Crippen molar-refractivity contribution >= 4 is 0 Å². The molecule has 2 fully saturated rings. The maximum atomic E-state index is 4.42. The van der Waals surface area contributed by atoms with Crippen LogP contribution in [0.1, 0.15) is 57.6 Å². The minimum absolute atomic E-state index is 0.564. The van der Waals surface area contributed by atoms with Gasteiger partial charge in [-0.15, -0.1) is 0 Å². The molecule has 1 aliphatic carbocycles. The minimum Gasteiger partial charge on any atom is -0.300 e. The molecule has 3 nitrogen and oxygen atoms in total. The van der Waals surface area contributed by atoms with Gasteiger partial charge in [-0.1, -0.05) is 13.8 Å². The maximum absolute atomic E-state index is 4.42. The van der Waals surface area contributed by atoms with Crippen molar-refractivity contribution in [3.05, 3.63) is 24.3 Å². The summed E-state index contributed by atoms with van der Waals surface area (Å²) in [5.74, 6) is 0.647. The Morgan fingerprint density at radius 2 is 2.00 bits per heavy atom. The molecule has 0 bridgehead atoms. The Hall–Kier alpha value is -0.960. The highest BCUT2D eigenvalue weighted by Crippen LogP contribution is 2.40. The molecule has 1 saturated carbocycles. The van der Waals surface area contributed by atoms with Crippen molar-refractivity contribution in [2.45, 2.75) is 57.9 Å². The van der Waals surface area contributed by atoms with E-state index in [1.54, 1.807) is 6.33 Å². The normalized spacial score (nSPS) is 28.6. The third kappa shape index (κ3) is 2.97. The van der Waals surface area contributed by atoms with Crippen LogP contribution in [0.5, 0.6) is 0 Å². The summed E-state index contributed by atoms with van der Waals surface area (Å²) in [7, 11) is 0. The Bertz CT molecular complexity index is 407. The number of rotatable bonds is 2. The zero-order valence-corrected chi connectivity index (χ0v) is 12.2. The van der Waals surface area contributed by atoms with Crippen molar-refractivity contribution < 1.29 is 0 Å². The van der Waals surface area contributed by atoms with Crippen LogP contribution in [0.4, 0.5) is 0 Å². The summed E-state index contributed by atoms with van der Waals surface area (Å²) in [6, 6.07) is 2.92. The van der Waals surface area contributed by atoms with Gasteiger partial charge in [0.2, 0.25) is 0 Å². The molecule has 0 amide bonds.